The first-order valence-electron chi connectivity index (χ1n) is 15.0. The molecule has 2 heteroatoms. The maximum atomic E-state index is 13.3. The molecule has 38 heavy (non-hydrogen) atoms. The van der Waals surface area contributed by atoms with Crippen molar-refractivity contribution in [1.29, 1.82) is 0 Å². The van der Waals surface area contributed by atoms with Gasteiger partial charge in [-0.3, -0.25) is 4.79 Å². The Hall–Kier alpha value is -3.13. The maximum Gasteiger partial charge on any atom is 0.251 e. The van der Waals surface area contributed by atoms with Gasteiger partial charge in [0.2, 0.25) is 0 Å². The third-order valence-corrected chi connectivity index (χ3v) is 8.56. The van der Waals surface area contributed by atoms with Crippen LogP contribution in [0, 0.1) is 0 Å². The summed E-state index contributed by atoms with van der Waals surface area (Å²) in [6.45, 7) is 4.58. The van der Waals surface area contributed by atoms with Crippen molar-refractivity contribution >= 4 is 12.2 Å². The molecule has 1 unspecified atom stereocenters. The van der Waals surface area contributed by atoms with E-state index >= 15 is 0 Å². The SMILES string of the molecule is CCCCC(CCCC)c1ccc(CC2=CCC=c3ccc(=O)n(C4CCCc5ccccc54)c3=C2)cc1. The number of aryl methyl sites for hydroxylation is 1. The van der Waals surface area contributed by atoms with Crippen LogP contribution in [0.15, 0.2) is 77.1 Å². The second kappa shape index (κ2) is 12.6. The number of unbranched alkanes of at least 4 members (excludes halogenated alkanes) is 2. The Balaban J connectivity index is 1.44. The minimum absolute atomic E-state index is 0.103. The van der Waals surface area contributed by atoms with Gasteiger partial charge >= 0.3 is 0 Å². The summed E-state index contributed by atoms with van der Waals surface area (Å²) in [5.41, 5.74) is 6.94. The first-order chi connectivity index (χ1) is 18.7. The highest BCUT2D eigenvalue weighted by Gasteiger charge is 2.23. The Kier molecular flexibility index (Phi) is 8.79. The molecule has 0 bridgehead atoms. The van der Waals surface area contributed by atoms with E-state index < -0.39 is 0 Å². The lowest BCUT2D eigenvalue weighted by Gasteiger charge is -2.28. The van der Waals surface area contributed by atoms with Gasteiger partial charge in [-0.1, -0.05) is 100 Å². The van der Waals surface area contributed by atoms with Crippen molar-refractivity contribution in [2.24, 2.45) is 0 Å². The summed E-state index contributed by atoms with van der Waals surface area (Å²) in [4.78, 5) is 13.3. The lowest BCUT2D eigenvalue weighted by molar-refractivity contribution is 0.468. The minimum atomic E-state index is 0.103. The Morgan fingerprint density at radius 1 is 0.895 bits per heavy atom. The first-order valence-corrected chi connectivity index (χ1v) is 15.0. The van der Waals surface area contributed by atoms with Crippen LogP contribution in [0.25, 0.3) is 12.2 Å². The number of hydrogen-bond acceptors (Lipinski definition) is 1. The average molecular weight is 506 g/mol. The molecule has 0 saturated heterocycles. The van der Waals surface area contributed by atoms with Gasteiger partial charge in [-0.15, -0.1) is 0 Å². The predicted octanol–water partition coefficient (Wildman–Crippen LogP) is 7.37. The molecule has 0 saturated carbocycles. The van der Waals surface area contributed by atoms with Gasteiger partial charge in [-0.25, -0.2) is 0 Å². The van der Waals surface area contributed by atoms with Gasteiger partial charge in [0, 0.05) is 6.07 Å². The summed E-state index contributed by atoms with van der Waals surface area (Å²) in [6, 6.07) is 22.0. The summed E-state index contributed by atoms with van der Waals surface area (Å²) < 4.78 is 2.08. The van der Waals surface area contributed by atoms with E-state index in [4.69, 9.17) is 0 Å². The van der Waals surface area contributed by atoms with Crippen LogP contribution in [0.2, 0.25) is 0 Å². The molecule has 1 heterocycles. The van der Waals surface area contributed by atoms with Gasteiger partial charge in [0.05, 0.1) is 11.4 Å². The lowest BCUT2D eigenvalue weighted by atomic mass is 9.87. The summed E-state index contributed by atoms with van der Waals surface area (Å²) >= 11 is 0. The molecule has 3 aromatic rings. The minimum Gasteiger partial charge on any atom is -0.301 e. The van der Waals surface area contributed by atoms with Crippen LogP contribution >= 0.6 is 0 Å². The van der Waals surface area contributed by atoms with Gasteiger partial charge < -0.3 is 4.57 Å². The van der Waals surface area contributed by atoms with Crippen LogP contribution in [0.3, 0.4) is 0 Å². The molecule has 0 spiro atoms. The van der Waals surface area contributed by atoms with Crippen molar-refractivity contribution in [3.63, 3.8) is 0 Å². The Morgan fingerprint density at radius 3 is 2.42 bits per heavy atom. The van der Waals surface area contributed by atoms with Crippen molar-refractivity contribution in [2.75, 3.05) is 0 Å². The smallest absolute Gasteiger partial charge is 0.251 e. The highest BCUT2D eigenvalue weighted by atomic mass is 16.1. The fraction of sp³-hybridized carbons (Fsp3) is 0.417. The maximum absolute atomic E-state index is 13.3. The number of rotatable bonds is 10. The molecular formula is C36H43NO. The third kappa shape index (κ3) is 5.96. The fourth-order valence-corrected chi connectivity index (χ4v) is 6.45. The van der Waals surface area contributed by atoms with Crippen LogP contribution in [0.5, 0.6) is 0 Å². The van der Waals surface area contributed by atoms with Crippen LogP contribution < -0.4 is 16.1 Å². The molecule has 0 aliphatic heterocycles. The number of aromatic nitrogens is 1. The number of pyridine rings is 1. The van der Waals surface area contributed by atoms with Crippen molar-refractivity contribution in [3.05, 3.63) is 115 Å². The third-order valence-electron chi connectivity index (χ3n) is 8.56. The van der Waals surface area contributed by atoms with Gasteiger partial charge in [0.1, 0.15) is 0 Å². The van der Waals surface area contributed by atoms with E-state index in [1.54, 1.807) is 6.07 Å². The standard InChI is InChI=1S/C36H43NO/c1-3-5-12-29(13-6-4-2)30-21-19-27(20-22-30)25-28-11-9-16-32-23-24-36(38)37(35(32)26-28)34-18-10-15-31-14-7-8-17-33(31)34/h7-8,11,14,16-17,19-24,26,29,34H,3-6,9-10,12-13,15,18,25H2,1-2H3. The molecule has 2 aromatic carbocycles. The Bertz CT molecular complexity index is 1430. The number of benzene rings is 2. The first kappa shape index (κ1) is 26.5. The monoisotopic (exact) mass is 505 g/mol. The second-order valence-electron chi connectivity index (χ2n) is 11.3. The zero-order valence-electron chi connectivity index (χ0n) is 23.3. The molecule has 0 fully saturated rings. The Labute approximate surface area is 228 Å². The average Bonchev–Trinajstić information content (AvgIpc) is 3.15. The van der Waals surface area contributed by atoms with E-state index in [9.17, 15) is 4.79 Å². The van der Waals surface area contributed by atoms with Crippen molar-refractivity contribution in [1.82, 2.24) is 4.57 Å². The van der Waals surface area contributed by atoms with E-state index in [0.29, 0.717) is 5.92 Å². The molecule has 2 aliphatic rings. The molecule has 2 aliphatic carbocycles. The zero-order valence-corrected chi connectivity index (χ0v) is 23.3. The van der Waals surface area contributed by atoms with E-state index in [2.05, 4.69) is 85.2 Å². The molecule has 2 nitrogen and oxygen atoms in total. The topological polar surface area (TPSA) is 22.0 Å². The highest BCUT2D eigenvalue weighted by Crippen LogP contribution is 2.31. The van der Waals surface area contributed by atoms with Crippen LogP contribution in [0.4, 0.5) is 0 Å². The van der Waals surface area contributed by atoms with Crippen LogP contribution in [-0.2, 0) is 12.8 Å². The quantitative estimate of drug-likeness (QED) is 0.282. The molecule has 198 valence electrons. The van der Waals surface area contributed by atoms with Crippen molar-refractivity contribution in [2.45, 2.75) is 96.4 Å². The van der Waals surface area contributed by atoms with Crippen LogP contribution in [-0.4, -0.2) is 4.57 Å². The van der Waals surface area contributed by atoms with Gasteiger partial charge in [0.15, 0.2) is 0 Å². The molecular weight excluding hydrogens is 462 g/mol. The number of hydrogen-bond donors (Lipinski definition) is 0. The molecule has 1 atom stereocenters. The van der Waals surface area contributed by atoms with Crippen LogP contribution in [0.1, 0.15) is 106 Å². The highest BCUT2D eigenvalue weighted by molar-refractivity contribution is 5.52. The van der Waals surface area contributed by atoms with Gasteiger partial charge in [0.25, 0.3) is 5.56 Å². The fourth-order valence-electron chi connectivity index (χ4n) is 6.45. The molecule has 5 rings (SSSR count). The molecule has 0 amide bonds. The summed E-state index contributed by atoms with van der Waals surface area (Å²) in [6.07, 6.45) is 19.7. The molecule has 0 radical (unpaired) electrons. The predicted molar refractivity (Wildman–Crippen MR) is 161 cm³/mol. The number of fused-ring (bicyclic) bond motifs is 2. The number of nitrogens with zero attached hydrogens (tertiary/aromatic N) is 1. The van der Waals surface area contributed by atoms with Gasteiger partial charge in [-0.2, -0.15) is 0 Å². The van der Waals surface area contributed by atoms with E-state index in [1.807, 2.05) is 6.07 Å². The van der Waals surface area contributed by atoms with Crippen molar-refractivity contribution < 1.29 is 0 Å². The van der Waals surface area contributed by atoms with E-state index in [1.165, 1.54) is 71.6 Å². The molecule has 0 N–H and O–H groups in total. The van der Waals surface area contributed by atoms with E-state index in [0.717, 1.165) is 37.5 Å². The summed E-state index contributed by atoms with van der Waals surface area (Å²) in [5.74, 6) is 0.682. The number of allylic oxidation sites excluding steroid dienone is 2. The molecule has 1 aromatic heterocycles. The van der Waals surface area contributed by atoms with E-state index in [-0.39, 0.29) is 11.6 Å². The zero-order chi connectivity index (χ0) is 26.3. The van der Waals surface area contributed by atoms with Gasteiger partial charge in [-0.05, 0) is 96.1 Å². The lowest BCUT2D eigenvalue weighted by Crippen LogP contribution is -2.45. The summed E-state index contributed by atoms with van der Waals surface area (Å²) in [7, 11) is 0. The summed E-state index contributed by atoms with van der Waals surface area (Å²) in [5, 5.41) is 2.24. The Morgan fingerprint density at radius 2 is 1.66 bits per heavy atom. The second-order valence-corrected chi connectivity index (χ2v) is 11.3. The normalized spacial score (nSPS) is 16.6. The van der Waals surface area contributed by atoms with Crippen molar-refractivity contribution in [3.8, 4) is 0 Å². The largest absolute Gasteiger partial charge is 0.301 e.